The fourth-order valence-corrected chi connectivity index (χ4v) is 4.87. The van der Waals surface area contributed by atoms with Crippen LogP contribution in [0.25, 0.3) is 0 Å². The van der Waals surface area contributed by atoms with Crippen molar-refractivity contribution in [3.63, 3.8) is 0 Å². The molecule has 0 saturated heterocycles. The molecule has 8 nitrogen and oxygen atoms in total. The van der Waals surface area contributed by atoms with Crippen LogP contribution in [0.1, 0.15) is 37.7 Å². The number of anilines is 1. The SMILES string of the molecule is CN1CCc2nc(NC(=O)NCCCN3C(=O)c4ccc(Br)cc4C3=O)sc2C1. The van der Waals surface area contributed by atoms with E-state index >= 15 is 0 Å². The Bertz CT molecular complexity index is 992. The zero-order valence-corrected chi connectivity index (χ0v) is 18.2. The minimum absolute atomic E-state index is 0.252. The number of likely N-dealkylation sites (N-methyl/N-ethyl adjacent to an activating group) is 1. The average molecular weight is 478 g/mol. The van der Waals surface area contributed by atoms with E-state index in [1.165, 1.54) is 21.1 Å². The molecule has 0 aliphatic carbocycles. The highest BCUT2D eigenvalue weighted by Crippen LogP contribution is 2.28. The van der Waals surface area contributed by atoms with Crippen molar-refractivity contribution in [3.05, 3.63) is 44.4 Å². The molecule has 0 bridgehead atoms. The number of halogens is 1. The number of urea groups is 1. The summed E-state index contributed by atoms with van der Waals surface area (Å²) in [5.74, 6) is -0.589. The van der Waals surface area contributed by atoms with E-state index in [1.807, 2.05) is 0 Å². The molecule has 3 heterocycles. The van der Waals surface area contributed by atoms with Crippen molar-refractivity contribution in [3.8, 4) is 0 Å². The molecule has 0 spiro atoms. The second-order valence-electron chi connectivity index (χ2n) is 7.06. The minimum Gasteiger partial charge on any atom is -0.338 e. The van der Waals surface area contributed by atoms with Gasteiger partial charge in [-0.15, -0.1) is 11.3 Å². The van der Waals surface area contributed by atoms with Gasteiger partial charge in [0.15, 0.2) is 5.13 Å². The summed E-state index contributed by atoms with van der Waals surface area (Å²) in [6.45, 7) is 2.42. The highest BCUT2D eigenvalue weighted by atomic mass is 79.9. The Balaban J connectivity index is 1.24. The van der Waals surface area contributed by atoms with E-state index in [0.717, 1.165) is 29.7 Å². The van der Waals surface area contributed by atoms with Gasteiger partial charge < -0.3 is 10.2 Å². The lowest BCUT2D eigenvalue weighted by atomic mass is 10.1. The van der Waals surface area contributed by atoms with Crippen molar-refractivity contribution >= 4 is 50.2 Å². The molecule has 4 amide bonds. The number of benzene rings is 1. The first kappa shape index (κ1) is 20.0. The van der Waals surface area contributed by atoms with Gasteiger partial charge in [-0.1, -0.05) is 15.9 Å². The average Bonchev–Trinajstić information content (AvgIpc) is 3.17. The Morgan fingerprint density at radius 2 is 2.07 bits per heavy atom. The van der Waals surface area contributed by atoms with E-state index in [4.69, 9.17) is 0 Å². The van der Waals surface area contributed by atoms with Gasteiger partial charge in [-0.2, -0.15) is 0 Å². The Morgan fingerprint density at radius 3 is 2.90 bits per heavy atom. The number of carbonyl (C=O) groups excluding carboxylic acids is 3. The molecule has 1 aromatic heterocycles. The third-order valence-electron chi connectivity index (χ3n) is 4.92. The highest BCUT2D eigenvalue weighted by molar-refractivity contribution is 9.10. The smallest absolute Gasteiger partial charge is 0.321 e. The largest absolute Gasteiger partial charge is 0.338 e. The molecule has 0 unspecified atom stereocenters. The number of hydrogen-bond acceptors (Lipinski definition) is 6. The fourth-order valence-electron chi connectivity index (χ4n) is 3.42. The molecular weight excluding hydrogens is 458 g/mol. The summed E-state index contributed by atoms with van der Waals surface area (Å²) >= 11 is 4.81. The van der Waals surface area contributed by atoms with Crippen LogP contribution in [0.4, 0.5) is 9.93 Å². The van der Waals surface area contributed by atoms with Gasteiger partial charge in [0.1, 0.15) is 0 Å². The molecule has 2 N–H and O–H groups in total. The summed E-state index contributed by atoms with van der Waals surface area (Å²) in [4.78, 5) is 46.0. The summed E-state index contributed by atoms with van der Waals surface area (Å²) in [5, 5.41) is 6.11. The first-order valence-corrected chi connectivity index (χ1v) is 10.9. The van der Waals surface area contributed by atoms with Gasteiger partial charge >= 0.3 is 6.03 Å². The van der Waals surface area contributed by atoms with Crippen LogP contribution in [0.5, 0.6) is 0 Å². The van der Waals surface area contributed by atoms with Gasteiger partial charge in [0, 0.05) is 41.9 Å². The zero-order chi connectivity index (χ0) is 20.5. The zero-order valence-electron chi connectivity index (χ0n) is 15.8. The highest BCUT2D eigenvalue weighted by Gasteiger charge is 2.35. The number of amides is 4. The van der Waals surface area contributed by atoms with Crippen LogP contribution < -0.4 is 10.6 Å². The Kier molecular flexibility index (Phi) is 5.66. The first-order chi connectivity index (χ1) is 13.9. The van der Waals surface area contributed by atoms with Crippen molar-refractivity contribution in [2.45, 2.75) is 19.4 Å². The number of fused-ring (bicyclic) bond motifs is 2. The molecule has 1 aromatic carbocycles. The molecule has 0 saturated carbocycles. The maximum Gasteiger partial charge on any atom is 0.321 e. The fraction of sp³-hybridized carbons (Fsp3) is 0.368. The van der Waals surface area contributed by atoms with E-state index in [-0.39, 0.29) is 24.4 Å². The van der Waals surface area contributed by atoms with Gasteiger partial charge in [-0.05, 0) is 31.7 Å². The molecule has 152 valence electrons. The maximum absolute atomic E-state index is 12.4. The molecule has 29 heavy (non-hydrogen) atoms. The molecule has 10 heteroatoms. The summed E-state index contributed by atoms with van der Waals surface area (Å²) < 4.78 is 0.757. The molecule has 2 aromatic rings. The molecule has 2 aliphatic heterocycles. The lowest BCUT2D eigenvalue weighted by Gasteiger charge is -2.20. The molecule has 0 radical (unpaired) electrons. The second kappa shape index (κ2) is 8.21. The van der Waals surface area contributed by atoms with Crippen LogP contribution in [-0.2, 0) is 13.0 Å². The summed E-state index contributed by atoms with van der Waals surface area (Å²) in [6.07, 6.45) is 1.36. The number of rotatable bonds is 5. The van der Waals surface area contributed by atoms with Gasteiger partial charge in [0.25, 0.3) is 11.8 Å². The van der Waals surface area contributed by atoms with Gasteiger partial charge in [0.2, 0.25) is 0 Å². The van der Waals surface area contributed by atoms with Crippen molar-refractivity contribution in [2.24, 2.45) is 0 Å². The quantitative estimate of drug-likeness (QED) is 0.509. The molecule has 0 fully saturated rings. The van der Waals surface area contributed by atoms with E-state index in [1.54, 1.807) is 18.2 Å². The lowest BCUT2D eigenvalue weighted by molar-refractivity contribution is 0.0653. The number of aromatic nitrogens is 1. The molecule has 4 rings (SSSR count). The number of nitrogens with one attached hydrogen (secondary N) is 2. The number of hydrogen-bond donors (Lipinski definition) is 2. The van der Waals surface area contributed by atoms with Crippen molar-refractivity contribution in [2.75, 3.05) is 32.0 Å². The van der Waals surface area contributed by atoms with Crippen LogP contribution in [-0.4, -0.2) is 59.3 Å². The normalized spacial score (nSPS) is 16.0. The van der Waals surface area contributed by atoms with Crippen molar-refractivity contribution in [1.29, 1.82) is 0 Å². The Labute approximate surface area is 180 Å². The predicted octanol–water partition coefficient (Wildman–Crippen LogP) is 2.70. The maximum atomic E-state index is 12.4. The second-order valence-corrected chi connectivity index (χ2v) is 9.06. The number of imide groups is 1. The molecule has 0 atom stereocenters. The third-order valence-corrected chi connectivity index (χ3v) is 6.41. The first-order valence-electron chi connectivity index (χ1n) is 9.30. The summed E-state index contributed by atoms with van der Waals surface area (Å²) in [5.41, 5.74) is 1.89. The van der Waals surface area contributed by atoms with Gasteiger partial charge in [0.05, 0.1) is 16.8 Å². The predicted molar refractivity (Wildman–Crippen MR) is 113 cm³/mol. The van der Waals surface area contributed by atoms with Crippen LogP contribution in [0, 0.1) is 0 Å². The molecule has 2 aliphatic rings. The summed E-state index contributed by atoms with van der Waals surface area (Å²) in [7, 11) is 2.07. The van der Waals surface area contributed by atoms with Gasteiger partial charge in [-0.3, -0.25) is 19.8 Å². The van der Waals surface area contributed by atoms with Crippen LogP contribution in [0.3, 0.4) is 0 Å². The number of thiazole rings is 1. The van der Waals surface area contributed by atoms with Crippen LogP contribution >= 0.6 is 27.3 Å². The Hall–Kier alpha value is -2.30. The van der Waals surface area contributed by atoms with Gasteiger partial charge in [-0.25, -0.2) is 9.78 Å². The van der Waals surface area contributed by atoms with E-state index in [0.29, 0.717) is 29.2 Å². The van der Waals surface area contributed by atoms with Crippen molar-refractivity contribution in [1.82, 2.24) is 20.1 Å². The van der Waals surface area contributed by atoms with E-state index in [2.05, 4.69) is 43.5 Å². The topological polar surface area (TPSA) is 94.6 Å². The Morgan fingerprint density at radius 1 is 1.28 bits per heavy atom. The summed E-state index contributed by atoms with van der Waals surface area (Å²) in [6, 6.07) is 4.72. The van der Waals surface area contributed by atoms with E-state index < -0.39 is 0 Å². The minimum atomic E-state index is -0.337. The van der Waals surface area contributed by atoms with Crippen LogP contribution in [0.2, 0.25) is 0 Å². The standard InChI is InChI=1S/C19H20BrN5O3S/c1-24-8-5-14-15(10-24)29-19(22-14)23-18(28)21-6-2-7-25-16(26)12-4-3-11(20)9-13(12)17(25)27/h3-4,9H,2,5-8,10H2,1H3,(H2,21,22,23,28). The molecular formula is C19H20BrN5O3S. The van der Waals surface area contributed by atoms with Crippen LogP contribution in [0.15, 0.2) is 22.7 Å². The monoisotopic (exact) mass is 477 g/mol. The van der Waals surface area contributed by atoms with E-state index in [9.17, 15) is 14.4 Å². The van der Waals surface area contributed by atoms with Crippen molar-refractivity contribution < 1.29 is 14.4 Å². The lowest BCUT2D eigenvalue weighted by Crippen LogP contribution is -2.35. The number of nitrogens with zero attached hydrogens (tertiary/aromatic N) is 3. The third kappa shape index (κ3) is 4.19. The number of carbonyl (C=O) groups is 3.